The van der Waals surface area contributed by atoms with E-state index in [9.17, 15) is 0 Å². The predicted molar refractivity (Wildman–Crippen MR) is 106 cm³/mol. The predicted octanol–water partition coefficient (Wildman–Crippen LogP) is 4.91. The van der Waals surface area contributed by atoms with Crippen LogP contribution in [0.15, 0.2) is 84.5 Å². The Balaban J connectivity index is 1.96. The van der Waals surface area contributed by atoms with Crippen molar-refractivity contribution in [1.29, 1.82) is 0 Å². The molecule has 0 saturated heterocycles. The summed E-state index contributed by atoms with van der Waals surface area (Å²) < 4.78 is 0. The van der Waals surface area contributed by atoms with Crippen molar-refractivity contribution in [3.05, 3.63) is 101 Å². The van der Waals surface area contributed by atoms with Gasteiger partial charge >= 0.3 is 0 Å². The molecule has 0 bridgehead atoms. The fourth-order valence-corrected chi connectivity index (χ4v) is 3.21. The Morgan fingerprint density at radius 3 is 2.44 bits per heavy atom. The standard InChI is InChI=1S/C22H25N3/c1-14-10-9-13-20(15(14)2)24-17(4)21-16(3)23-18(5)25-22(21)19-11-7-6-8-12-19/h6-13,22-25H,4-5H2,1-3H3. The second-order valence-corrected chi connectivity index (χ2v) is 6.48. The molecule has 0 fully saturated rings. The molecule has 1 aliphatic heterocycles. The molecule has 1 heterocycles. The van der Waals surface area contributed by atoms with E-state index in [2.05, 4.69) is 92.3 Å². The molecule has 1 unspecified atom stereocenters. The summed E-state index contributed by atoms with van der Waals surface area (Å²) in [6.45, 7) is 14.7. The van der Waals surface area contributed by atoms with Gasteiger partial charge in [-0.2, -0.15) is 0 Å². The highest BCUT2D eigenvalue weighted by Gasteiger charge is 2.26. The van der Waals surface area contributed by atoms with Crippen LogP contribution in [0.4, 0.5) is 5.69 Å². The lowest BCUT2D eigenvalue weighted by Crippen LogP contribution is -2.37. The van der Waals surface area contributed by atoms with Gasteiger partial charge in [0.25, 0.3) is 0 Å². The van der Waals surface area contributed by atoms with Crippen molar-refractivity contribution in [2.24, 2.45) is 0 Å². The number of rotatable bonds is 4. The lowest BCUT2D eigenvalue weighted by molar-refractivity contribution is 0.600. The molecule has 0 aromatic heterocycles. The monoisotopic (exact) mass is 331 g/mol. The third kappa shape index (κ3) is 3.45. The van der Waals surface area contributed by atoms with Gasteiger partial charge in [0, 0.05) is 22.7 Å². The summed E-state index contributed by atoms with van der Waals surface area (Å²) in [5.74, 6) is 0.801. The summed E-state index contributed by atoms with van der Waals surface area (Å²) >= 11 is 0. The summed E-state index contributed by atoms with van der Waals surface area (Å²) in [4.78, 5) is 0. The minimum Gasteiger partial charge on any atom is -0.361 e. The highest BCUT2D eigenvalue weighted by molar-refractivity contribution is 5.61. The fourth-order valence-electron chi connectivity index (χ4n) is 3.21. The Bertz CT molecular complexity index is 847. The van der Waals surface area contributed by atoms with Crippen LogP contribution in [0.1, 0.15) is 29.7 Å². The number of aryl methyl sites for hydroxylation is 1. The van der Waals surface area contributed by atoms with Crippen LogP contribution in [0, 0.1) is 13.8 Å². The topological polar surface area (TPSA) is 36.1 Å². The number of allylic oxidation sites excluding steroid dienone is 1. The van der Waals surface area contributed by atoms with Crippen LogP contribution in [0.2, 0.25) is 0 Å². The van der Waals surface area contributed by atoms with Gasteiger partial charge in [0.1, 0.15) is 0 Å². The fraction of sp³-hybridized carbons (Fsp3) is 0.182. The lowest BCUT2D eigenvalue weighted by atomic mass is 9.93. The molecule has 0 radical (unpaired) electrons. The largest absolute Gasteiger partial charge is 0.361 e. The summed E-state index contributed by atoms with van der Waals surface area (Å²) in [5, 5.41) is 10.2. The van der Waals surface area contributed by atoms with Crippen LogP contribution >= 0.6 is 0 Å². The first kappa shape index (κ1) is 16.9. The van der Waals surface area contributed by atoms with Crippen LogP contribution in [-0.4, -0.2) is 0 Å². The van der Waals surface area contributed by atoms with Gasteiger partial charge in [0.05, 0.1) is 11.9 Å². The maximum absolute atomic E-state index is 4.32. The van der Waals surface area contributed by atoms with E-state index in [-0.39, 0.29) is 6.04 Å². The first-order valence-corrected chi connectivity index (χ1v) is 8.48. The second-order valence-electron chi connectivity index (χ2n) is 6.48. The smallest absolute Gasteiger partial charge is 0.0962 e. The van der Waals surface area contributed by atoms with E-state index < -0.39 is 0 Å². The molecule has 0 amide bonds. The highest BCUT2D eigenvalue weighted by Crippen LogP contribution is 2.33. The Hall–Kier alpha value is -2.94. The summed E-state index contributed by atoms with van der Waals surface area (Å²) in [7, 11) is 0. The number of anilines is 1. The van der Waals surface area contributed by atoms with Crippen molar-refractivity contribution in [3.63, 3.8) is 0 Å². The Kier molecular flexibility index (Phi) is 4.66. The molecular weight excluding hydrogens is 306 g/mol. The van der Waals surface area contributed by atoms with Gasteiger partial charge < -0.3 is 16.0 Å². The molecule has 0 aliphatic carbocycles. The molecule has 3 heteroatoms. The van der Waals surface area contributed by atoms with Crippen molar-refractivity contribution in [3.8, 4) is 0 Å². The first-order valence-electron chi connectivity index (χ1n) is 8.48. The third-order valence-corrected chi connectivity index (χ3v) is 4.70. The van der Waals surface area contributed by atoms with Crippen molar-refractivity contribution in [1.82, 2.24) is 10.6 Å². The van der Waals surface area contributed by atoms with Crippen LogP contribution in [0.5, 0.6) is 0 Å². The van der Waals surface area contributed by atoms with Crippen molar-refractivity contribution in [2.75, 3.05) is 5.32 Å². The molecular formula is C22H25N3. The normalized spacial score (nSPS) is 16.9. The van der Waals surface area contributed by atoms with Crippen molar-refractivity contribution in [2.45, 2.75) is 26.8 Å². The van der Waals surface area contributed by atoms with Gasteiger partial charge in [-0.3, -0.25) is 0 Å². The molecule has 3 N–H and O–H groups in total. The second kappa shape index (κ2) is 6.89. The molecule has 3 rings (SSSR count). The average molecular weight is 331 g/mol. The van der Waals surface area contributed by atoms with E-state index in [1.165, 1.54) is 16.7 Å². The van der Waals surface area contributed by atoms with E-state index in [0.29, 0.717) is 0 Å². The minimum absolute atomic E-state index is 0.0139. The van der Waals surface area contributed by atoms with Crippen LogP contribution in [0.3, 0.4) is 0 Å². The zero-order valence-electron chi connectivity index (χ0n) is 15.1. The van der Waals surface area contributed by atoms with E-state index in [0.717, 1.165) is 28.5 Å². The number of hydrogen-bond acceptors (Lipinski definition) is 3. The molecule has 3 nitrogen and oxygen atoms in total. The molecule has 0 saturated carbocycles. The maximum atomic E-state index is 4.32. The van der Waals surface area contributed by atoms with Gasteiger partial charge in [-0.25, -0.2) is 0 Å². The quantitative estimate of drug-likeness (QED) is 0.745. The lowest BCUT2D eigenvalue weighted by Gasteiger charge is -2.33. The highest BCUT2D eigenvalue weighted by atomic mass is 15.1. The molecule has 0 spiro atoms. The average Bonchev–Trinajstić information content (AvgIpc) is 2.59. The van der Waals surface area contributed by atoms with Crippen molar-refractivity contribution >= 4 is 5.69 Å². The maximum Gasteiger partial charge on any atom is 0.0962 e. The van der Waals surface area contributed by atoms with Crippen LogP contribution in [-0.2, 0) is 0 Å². The van der Waals surface area contributed by atoms with E-state index >= 15 is 0 Å². The van der Waals surface area contributed by atoms with Gasteiger partial charge in [-0.1, -0.05) is 55.6 Å². The molecule has 128 valence electrons. The molecule has 1 atom stereocenters. The summed E-state index contributed by atoms with van der Waals surface area (Å²) in [6.07, 6.45) is 0. The zero-order valence-corrected chi connectivity index (χ0v) is 15.1. The van der Waals surface area contributed by atoms with Gasteiger partial charge in [-0.05, 0) is 43.5 Å². The Labute approximate surface area is 150 Å². The van der Waals surface area contributed by atoms with Gasteiger partial charge in [0.2, 0.25) is 0 Å². The van der Waals surface area contributed by atoms with E-state index in [1.54, 1.807) is 0 Å². The van der Waals surface area contributed by atoms with Crippen LogP contribution < -0.4 is 16.0 Å². The van der Waals surface area contributed by atoms with Gasteiger partial charge in [-0.15, -0.1) is 0 Å². The molecule has 2 aromatic carbocycles. The zero-order chi connectivity index (χ0) is 18.0. The third-order valence-electron chi connectivity index (χ3n) is 4.70. The van der Waals surface area contributed by atoms with E-state index in [1.807, 2.05) is 6.07 Å². The number of benzene rings is 2. The Morgan fingerprint density at radius 1 is 1.00 bits per heavy atom. The number of hydrogen-bond donors (Lipinski definition) is 3. The Morgan fingerprint density at radius 2 is 1.72 bits per heavy atom. The minimum atomic E-state index is 0.0139. The summed E-state index contributed by atoms with van der Waals surface area (Å²) in [5.41, 5.74) is 7.81. The van der Waals surface area contributed by atoms with Crippen molar-refractivity contribution < 1.29 is 0 Å². The molecule has 25 heavy (non-hydrogen) atoms. The first-order chi connectivity index (χ1) is 12.0. The molecule has 1 aliphatic rings. The van der Waals surface area contributed by atoms with E-state index in [4.69, 9.17) is 0 Å². The summed E-state index contributed by atoms with van der Waals surface area (Å²) in [6, 6.07) is 16.7. The SMILES string of the molecule is C=C1NC(C)=C(C(=C)Nc2cccc(C)c2C)C(c2ccccc2)N1. The van der Waals surface area contributed by atoms with Crippen LogP contribution in [0.25, 0.3) is 0 Å². The van der Waals surface area contributed by atoms with Gasteiger partial charge in [0.15, 0.2) is 0 Å². The number of nitrogens with one attached hydrogen (secondary N) is 3. The molecule has 2 aromatic rings.